The molecule has 1 aliphatic carbocycles. The number of aryl methyl sites for hydroxylation is 2. The van der Waals surface area contributed by atoms with E-state index in [-0.39, 0.29) is 23.2 Å². The molecule has 39 heavy (non-hydrogen) atoms. The first-order valence-electron chi connectivity index (χ1n) is 13.3. The molecule has 204 valence electrons. The second kappa shape index (κ2) is 12.2. The lowest BCUT2D eigenvalue weighted by atomic mass is 9.93. The molecule has 7 nitrogen and oxygen atoms in total. The number of primary amides is 1. The predicted molar refractivity (Wildman–Crippen MR) is 149 cm³/mol. The van der Waals surface area contributed by atoms with Crippen molar-refractivity contribution < 1.29 is 18.8 Å². The van der Waals surface area contributed by atoms with Gasteiger partial charge >= 0.3 is 0 Å². The van der Waals surface area contributed by atoms with Crippen molar-refractivity contribution in [2.24, 2.45) is 17.6 Å². The maximum Gasteiger partial charge on any atom is 0.249 e. The number of nitrogen functional groups attached to an aromatic ring is 1. The van der Waals surface area contributed by atoms with Crippen LogP contribution in [-0.4, -0.2) is 28.6 Å². The van der Waals surface area contributed by atoms with Crippen molar-refractivity contribution in [2.75, 3.05) is 5.73 Å². The third-order valence-electron chi connectivity index (χ3n) is 7.65. The minimum Gasteiger partial charge on any atom is -0.384 e. The molecular formula is C31H35FN4O3. The molecule has 5 N–H and O–H groups in total. The van der Waals surface area contributed by atoms with E-state index in [4.69, 9.17) is 11.5 Å². The lowest BCUT2D eigenvalue weighted by molar-refractivity contribution is -0.129. The van der Waals surface area contributed by atoms with Crippen LogP contribution in [0.15, 0.2) is 54.6 Å². The fourth-order valence-corrected chi connectivity index (χ4v) is 5.38. The minimum atomic E-state index is -0.672. The first-order valence-corrected chi connectivity index (χ1v) is 13.3. The van der Waals surface area contributed by atoms with Crippen molar-refractivity contribution >= 4 is 23.4 Å². The second-order valence-electron chi connectivity index (χ2n) is 10.5. The SMILES string of the molecule is Cc1nc(N)ccc1CCC(=O)[C@H](C)NC(=O)[C@@H]1CC[C@@H](Cc2ccc(-c3ccc(F)cc3C(N)=O)cc2)C1. The number of benzene rings is 2. The lowest BCUT2D eigenvalue weighted by Gasteiger charge is -2.17. The van der Waals surface area contributed by atoms with Crippen LogP contribution in [0.4, 0.5) is 10.2 Å². The summed E-state index contributed by atoms with van der Waals surface area (Å²) in [4.78, 5) is 41.5. The molecule has 1 heterocycles. The van der Waals surface area contributed by atoms with Crippen molar-refractivity contribution in [2.45, 2.75) is 58.4 Å². The Balaban J connectivity index is 1.27. The van der Waals surface area contributed by atoms with E-state index in [0.717, 1.165) is 54.1 Å². The Hall–Kier alpha value is -4.07. The summed E-state index contributed by atoms with van der Waals surface area (Å²) in [6.45, 7) is 3.62. The monoisotopic (exact) mass is 530 g/mol. The summed E-state index contributed by atoms with van der Waals surface area (Å²) in [6.07, 6.45) is 4.23. The molecule has 1 aliphatic rings. The van der Waals surface area contributed by atoms with Gasteiger partial charge in [-0.15, -0.1) is 0 Å². The molecule has 0 aliphatic heterocycles. The minimum absolute atomic E-state index is 0.00476. The molecular weight excluding hydrogens is 495 g/mol. The predicted octanol–water partition coefficient (Wildman–Crippen LogP) is 4.54. The Morgan fingerprint density at radius 2 is 1.82 bits per heavy atom. The van der Waals surface area contributed by atoms with Gasteiger partial charge in [0.25, 0.3) is 0 Å². The summed E-state index contributed by atoms with van der Waals surface area (Å²) in [5.74, 6) is -0.526. The summed E-state index contributed by atoms with van der Waals surface area (Å²) < 4.78 is 13.6. The standard InChI is InChI=1S/C31H35FN4O3/c1-18-22(10-14-29(33)35-18)9-13-28(37)19(2)36-31(39)24-8-5-21(16-24)15-20-3-6-23(7-4-20)26-12-11-25(32)17-27(26)30(34)38/h3-4,6-7,10-12,14,17,19,21,24H,5,8-9,13,15-16H2,1-2H3,(H2,33,35)(H2,34,38)(H,36,39)/t19-,21-,24+/m0/s1. The van der Waals surface area contributed by atoms with E-state index in [1.807, 2.05) is 37.3 Å². The number of rotatable bonds is 10. The van der Waals surface area contributed by atoms with E-state index in [1.165, 1.54) is 6.07 Å². The zero-order valence-electron chi connectivity index (χ0n) is 22.4. The molecule has 3 atom stereocenters. The third kappa shape index (κ3) is 7.07. The number of pyridine rings is 1. The van der Waals surface area contributed by atoms with Crippen LogP contribution in [0.2, 0.25) is 0 Å². The quantitative estimate of drug-likeness (QED) is 0.354. The first-order chi connectivity index (χ1) is 18.6. The van der Waals surface area contributed by atoms with E-state index in [1.54, 1.807) is 19.1 Å². The van der Waals surface area contributed by atoms with Crippen molar-refractivity contribution in [3.05, 3.63) is 82.8 Å². The Morgan fingerprint density at radius 1 is 1.08 bits per heavy atom. The number of ketones is 1. The van der Waals surface area contributed by atoms with Crippen LogP contribution in [0.3, 0.4) is 0 Å². The number of aromatic nitrogens is 1. The van der Waals surface area contributed by atoms with Crippen LogP contribution >= 0.6 is 0 Å². The molecule has 0 bridgehead atoms. The van der Waals surface area contributed by atoms with E-state index in [2.05, 4.69) is 10.3 Å². The number of nitrogens with zero attached hydrogens (tertiary/aromatic N) is 1. The fourth-order valence-electron chi connectivity index (χ4n) is 5.38. The zero-order chi connectivity index (χ0) is 28.1. The number of hydrogen-bond donors (Lipinski definition) is 3. The van der Waals surface area contributed by atoms with Gasteiger partial charge in [0.1, 0.15) is 11.6 Å². The average molecular weight is 531 g/mol. The summed E-state index contributed by atoms with van der Waals surface area (Å²) in [7, 11) is 0. The zero-order valence-corrected chi connectivity index (χ0v) is 22.4. The van der Waals surface area contributed by atoms with Gasteiger partial charge in [-0.1, -0.05) is 36.4 Å². The average Bonchev–Trinajstić information content (AvgIpc) is 3.37. The molecule has 0 saturated heterocycles. The molecule has 1 fully saturated rings. The van der Waals surface area contributed by atoms with Crippen LogP contribution in [0.1, 0.15) is 59.8 Å². The highest BCUT2D eigenvalue weighted by Crippen LogP contribution is 2.34. The summed E-state index contributed by atoms with van der Waals surface area (Å²) >= 11 is 0. The van der Waals surface area contributed by atoms with Gasteiger partial charge in [0, 0.05) is 23.6 Å². The van der Waals surface area contributed by atoms with Gasteiger partial charge in [0.05, 0.1) is 6.04 Å². The highest BCUT2D eigenvalue weighted by atomic mass is 19.1. The Morgan fingerprint density at radius 3 is 2.51 bits per heavy atom. The number of Topliss-reactive ketones (excluding diaryl/α,β-unsaturated/α-hetero) is 1. The number of nitrogens with two attached hydrogens (primary N) is 2. The van der Waals surface area contributed by atoms with Gasteiger partial charge in [-0.25, -0.2) is 9.37 Å². The van der Waals surface area contributed by atoms with Crippen molar-refractivity contribution in [1.82, 2.24) is 10.3 Å². The van der Waals surface area contributed by atoms with Gasteiger partial charge < -0.3 is 16.8 Å². The molecule has 0 unspecified atom stereocenters. The van der Waals surface area contributed by atoms with Gasteiger partial charge in [0.15, 0.2) is 5.78 Å². The summed E-state index contributed by atoms with van der Waals surface area (Å²) in [5, 5.41) is 2.92. The molecule has 2 amide bonds. The van der Waals surface area contributed by atoms with Gasteiger partial charge in [-0.3, -0.25) is 14.4 Å². The molecule has 0 spiro atoms. The molecule has 1 aromatic heterocycles. The van der Waals surface area contributed by atoms with Gasteiger partial charge in [-0.2, -0.15) is 0 Å². The Kier molecular flexibility index (Phi) is 8.74. The summed E-state index contributed by atoms with van der Waals surface area (Å²) in [6, 6.07) is 14.9. The number of amides is 2. The van der Waals surface area contributed by atoms with E-state index in [9.17, 15) is 18.8 Å². The van der Waals surface area contributed by atoms with Crippen molar-refractivity contribution in [3.63, 3.8) is 0 Å². The van der Waals surface area contributed by atoms with Crippen LogP contribution < -0.4 is 16.8 Å². The van der Waals surface area contributed by atoms with Crippen LogP contribution in [0.25, 0.3) is 11.1 Å². The summed E-state index contributed by atoms with van der Waals surface area (Å²) in [5.41, 5.74) is 15.6. The maximum atomic E-state index is 13.6. The van der Waals surface area contributed by atoms with E-state index in [0.29, 0.717) is 30.1 Å². The highest BCUT2D eigenvalue weighted by Gasteiger charge is 2.31. The van der Waals surface area contributed by atoms with Gasteiger partial charge in [0.2, 0.25) is 11.8 Å². The number of carbonyl (C=O) groups is 3. The number of carbonyl (C=O) groups excluding carboxylic acids is 3. The highest BCUT2D eigenvalue weighted by molar-refractivity contribution is 5.99. The number of halogens is 1. The fraction of sp³-hybridized carbons (Fsp3) is 0.355. The van der Waals surface area contributed by atoms with Crippen molar-refractivity contribution in [3.8, 4) is 11.1 Å². The molecule has 3 aromatic rings. The third-order valence-corrected chi connectivity index (χ3v) is 7.65. The second-order valence-corrected chi connectivity index (χ2v) is 10.5. The normalized spacial score (nSPS) is 17.5. The maximum absolute atomic E-state index is 13.6. The first kappa shape index (κ1) is 28.0. The molecule has 0 radical (unpaired) electrons. The topological polar surface area (TPSA) is 128 Å². The van der Waals surface area contributed by atoms with E-state index < -0.39 is 17.8 Å². The molecule has 1 saturated carbocycles. The molecule has 2 aromatic carbocycles. The molecule has 4 rings (SSSR count). The Bertz CT molecular complexity index is 1370. The Labute approximate surface area is 228 Å². The van der Waals surface area contributed by atoms with Crippen LogP contribution in [-0.2, 0) is 22.4 Å². The lowest BCUT2D eigenvalue weighted by Crippen LogP contribution is -2.41. The van der Waals surface area contributed by atoms with E-state index >= 15 is 0 Å². The largest absolute Gasteiger partial charge is 0.384 e. The number of anilines is 1. The van der Waals surface area contributed by atoms with Gasteiger partial charge in [-0.05, 0) is 92.3 Å². The number of hydrogen-bond acceptors (Lipinski definition) is 5. The van der Waals surface area contributed by atoms with Crippen LogP contribution in [0.5, 0.6) is 0 Å². The molecule has 8 heteroatoms. The van der Waals surface area contributed by atoms with Crippen molar-refractivity contribution in [1.29, 1.82) is 0 Å². The van der Waals surface area contributed by atoms with Crippen LogP contribution in [0, 0.1) is 24.6 Å². The smallest absolute Gasteiger partial charge is 0.249 e. The number of nitrogens with one attached hydrogen (secondary N) is 1.